The van der Waals surface area contributed by atoms with Gasteiger partial charge >= 0.3 is 0 Å². The zero-order chi connectivity index (χ0) is 16.1. The highest BCUT2D eigenvalue weighted by atomic mass is 127. The summed E-state index contributed by atoms with van der Waals surface area (Å²) in [4.78, 5) is 4.39. The van der Waals surface area contributed by atoms with Crippen LogP contribution in [0.2, 0.25) is 0 Å². The lowest BCUT2D eigenvalue weighted by molar-refractivity contribution is 0.501. The third-order valence-corrected chi connectivity index (χ3v) is 4.07. The number of aliphatic imine (C=N–C) groups is 1. The Hall–Kier alpha value is -0.870. The fourth-order valence-electron chi connectivity index (χ4n) is 1.66. The van der Waals surface area contributed by atoms with E-state index in [0.29, 0.717) is 12.5 Å². The first-order valence-corrected chi connectivity index (χ1v) is 8.17. The summed E-state index contributed by atoms with van der Waals surface area (Å²) in [7, 11) is -0.322. The van der Waals surface area contributed by atoms with Crippen LogP contribution in [-0.2, 0) is 16.6 Å². The Bertz CT molecular complexity index is 610. The smallest absolute Gasteiger partial charge is 0.240 e. The molecule has 0 heterocycles. The van der Waals surface area contributed by atoms with E-state index in [2.05, 4.69) is 20.3 Å². The summed E-state index contributed by atoms with van der Waals surface area (Å²) in [5, 5.41) is 6.40. The monoisotopic (exact) mass is 440 g/mol. The molecule has 1 rings (SSSR count). The average molecular weight is 440 g/mol. The van der Waals surface area contributed by atoms with Gasteiger partial charge in [0.25, 0.3) is 0 Å². The molecule has 22 heavy (non-hydrogen) atoms. The van der Waals surface area contributed by atoms with Crippen molar-refractivity contribution in [2.75, 3.05) is 14.1 Å². The molecule has 0 saturated heterocycles. The van der Waals surface area contributed by atoms with Crippen LogP contribution in [0, 0.1) is 0 Å². The highest BCUT2D eigenvalue weighted by Crippen LogP contribution is 2.11. The second-order valence-corrected chi connectivity index (χ2v) is 7.54. The minimum Gasteiger partial charge on any atom is -0.352 e. The van der Waals surface area contributed by atoms with Crippen LogP contribution in [0.4, 0.5) is 0 Å². The van der Waals surface area contributed by atoms with Gasteiger partial charge in [0.2, 0.25) is 10.0 Å². The van der Waals surface area contributed by atoms with Crippen LogP contribution in [0.15, 0.2) is 34.2 Å². The van der Waals surface area contributed by atoms with Crippen LogP contribution >= 0.6 is 24.0 Å². The number of rotatable bonds is 4. The van der Waals surface area contributed by atoms with Gasteiger partial charge in [0.15, 0.2) is 5.96 Å². The van der Waals surface area contributed by atoms with Gasteiger partial charge in [-0.05, 0) is 45.5 Å². The molecule has 0 atom stereocenters. The number of hydrogen-bond acceptors (Lipinski definition) is 3. The third kappa shape index (κ3) is 6.93. The predicted octanol–water partition coefficient (Wildman–Crippen LogP) is 1.68. The van der Waals surface area contributed by atoms with E-state index in [1.165, 1.54) is 7.05 Å². The number of hydrogen-bond donors (Lipinski definition) is 3. The lowest BCUT2D eigenvalue weighted by atomic mass is 10.1. The zero-order valence-electron chi connectivity index (χ0n) is 13.6. The van der Waals surface area contributed by atoms with Crippen LogP contribution in [0.25, 0.3) is 0 Å². The largest absolute Gasteiger partial charge is 0.352 e. The van der Waals surface area contributed by atoms with Crippen molar-refractivity contribution < 1.29 is 8.42 Å². The molecular weight excluding hydrogens is 415 g/mol. The summed E-state index contributed by atoms with van der Waals surface area (Å²) in [6.07, 6.45) is 0. The SMILES string of the molecule is CN=C(NCc1cccc(S(=O)(=O)NC)c1)NC(C)(C)C.I. The zero-order valence-corrected chi connectivity index (χ0v) is 16.7. The molecule has 1 aromatic rings. The average Bonchev–Trinajstić information content (AvgIpc) is 2.42. The Morgan fingerprint density at radius 2 is 1.91 bits per heavy atom. The van der Waals surface area contributed by atoms with Gasteiger partial charge in [-0.1, -0.05) is 12.1 Å². The van der Waals surface area contributed by atoms with Gasteiger partial charge in [-0.15, -0.1) is 24.0 Å². The fraction of sp³-hybridized carbons (Fsp3) is 0.500. The maximum absolute atomic E-state index is 11.8. The molecule has 0 amide bonds. The molecule has 0 aliphatic heterocycles. The standard InChI is InChI=1S/C14H24N4O2S.HI/c1-14(2,3)18-13(15-4)17-10-11-7-6-8-12(9-11)21(19,20)16-5;/h6-9,16H,10H2,1-5H3,(H2,15,17,18);1H. The van der Waals surface area contributed by atoms with E-state index in [9.17, 15) is 8.42 Å². The van der Waals surface area contributed by atoms with E-state index in [4.69, 9.17) is 0 Å². The highest BCUT2D eigenvalue weighted by Gasteiger charge is 2.13. The molecular formula is C14H25IN4O2S. The first-order chi connectivity index (χ1) is 9.68. The molecule has 126 valence electrons. The first-order valence-electron chi connectivity index (χ1n) is 6.69. The van der Waals surface area contributed by atoms with Crippen molar-refractivity contribution in [1.82, 2.24) is 15.4 Å². The molecule has 1 aromatic carbocycles. The van der Waals surface area contributed by atoms with E-state index in [1.807, 2.05) is 26.8 Å². The molecule has 0 spiro atoms. The molecule has 0 fully saturated rings. The van der Waals surface area contributed by atoms with Crippen molar-refractivity contribution in [1.29, 1.82) is 0 Å². The lowest BCUT2D eigenvalue weighted by Gasteiger charge is -2.23. The van der Waals surface area contributed by atoms with Gasteiger partial charge in [0.05, 0.1) is 4.90 Å². The van der Waals surface area contributed by atoms with Crippen LogP contribution < -0.4 is 15.4 Å². The second kappa shape index (κ2) is 8.68. The minimum atomic E-state index is -3.42. The van der Waals surface area contributed by atoms with E-state index < -0.39 is 10.0 Å². The summed E-state index contributed by atoms with van der Waals surface area (Å²) < 4.78 is 25.8. The number of nitrogens with zero attached hydrogens (tertiary/aromatic N) is 1. The normalized spacial score (nSPS) is 12.5. The summed E-state index contributed by atoms with van der Waals surface area (Å²) in [6.45, 7) is 6.61. The summed E-state index contributed by atoms with van der Waals surface area (Å²) in [6, 6.07) is 6.80. The molecule has 0 unspecified atom stereocenters. The maximum atomic E-state index is 11.8. The van der Waals surface area contributed by atoms with E-state index in [0.717, 1.165) is 5.56 Å². The van der Waals surface area contributed by atoms with Gasteiger partial charge in [-0.2, -0.15) is 0 Å². The van der Waals surface area contributed by atoms with Crippen molar-refractivity contribution in [2.45, 2.75) is 37.8 Å². The minimum absolute atomic E-state index is 0. The van der Waals surface area contributed by atoms with Crippen molar-refractivity contribution in [3.05, 3.63) is 29.8 Å². The van der Waals surface area contributed by atoms with Gasteiger partial charge < -0.3 is 10.6 Å². The van der Waals surface area contributed by atoms with Crippen molar-refractivity contribution >= 4 is 40.0 Å². The summed E-state index contributed by atoms with van der Waals surface area (Å²) >= 11 is 0. The van der Waals surface area contributed by atoms with Crippen molar-refractivity contribution in [2.24, 2.45) is 4.99 Å². The summed E-state index contributed by atoms with van der Waals surface area (Å²) in [5.41, 5.74) is 0.766. The quantitative estimate of drug-likeness (QED) is 0.378. The Balaban J connectivity index is 0.00000441. The molecule has 0 saturated carbocycles. The van der Waals surface area contributed by atoms with Crippen LogP contribution in [-0.4, -0.2) is 34.0 Å². The number of nitrogens with one attached hydrogen (secondary N) is 3. The Kier molecular flexibility index (Phi) is 8.34. The molecule has 0 aliphatic rings. The van der Waals surface area contributed by atoms with Crippen LogP contribution in [0.1, 0.15) is 26.3 Å². The Morgan fingerprint density at radius 3 is 2.41 bits per heavy atom. The number of guanidine groups is 1. The van der Waals surface area contributed by atoms with E-state index >= 15 is 0 Å². The Morgan fingerprint density at radius 1 is 1.27 bits per heavy atom. The molecule has 0 aromatic heterocycles. The lowest BCUT2D eigenvalue weighted by Crippen LogP contribution is -2.47. The van der Waals surface area contributed by atoms with Crippen molar-refractivity contribution in [3.63, 3.8) is 0 Å². The van der Waals surface area contributed by atoms with Gasteiger partial charge in [0.1, 0.15) is 0 Å². The van der Waals surface area contributed by atoms with Gasteiger partial charge in [-0.25, -0.2) is 13.1 Å². The molecule has 8 heteroatoms. The molecule has 0 aliphatic carbocycles. The van der Waals surface area contributed by atoms with Gasteiger partial charge in [-0.3, -0.25) is 4.99 Å². The number of halogens is 1. The predicted molar refractivity (Wildman–Crippen MR) is 101 cm³/mol. The second-order valence-electron chi connectivity index (χ2n) is 5.66. The number of sulfonamides is 1. The van der Waals surface area contributed by atoms with Crippen LogP contribution in [0.3, 0.4) is 0 Å². The molecule has 0 bridgehead atoms. The van der Waals surface area contributed by atoms with Crippen LogP contribution in [0.5, 0.6) is 0 Å². The van der Waals surface area contributed by atoms with Gasteiger partial charge in [0, 0.05) is 19.1 Å². The summed E-state index contributed by atoms with van der Waals surface area (Å²) in [5.74, 6) is 0.671. The first kappa shape index (κ1) is 21.1. The maximum Gasteiger partial charge on any atom is 0.240 e. The molecule has 3 N–H and O–H groups in total. The topological polar surface area (TPSA) is 82.6 Å². The highest BCUT2D eigenvalue weighted by molar-refractivity contribution is 14.0. The Labute approximate surface area is 150 Å². The number of benzene rings is 1. The van der Waals surface area contributed by atoms with Crippen molar-refractivity contribution in [3.8, 4) is 0 Å². The molecule has 0 radical (unpaired) electrons. The molecule has 6 nitrogen and oxygen atoms in total. The van der Waals surface area contributed by atoms with E-state index in [1.54, 1.807) is 25.2 Å². The fourth-order valence-corrected chi connectivity index (χ4v) is 2.46. The third-order valence-electron chi connectivity index (χ3n) is 2.65. The van der Waals surface area contributed by atoms with E-state index in [-0.39, 0.29) is 34.4 Å².